The van der Waals surface area contributed by atoms with Gasteiger partial charge in [0.05, 0.1) is 29.3 Å². The normalized spacial score (nSPS) is 11.7. The lowest BCUT2D eigenvalue weighted by Crippen LogP contribution is -2.01. The van der Waals surface area contributed by atoms with E-state index in [-0.39, 0.29) is 18.0 Å². The molecule has 3 aromatic heterocycles. The predicted octanol–water partition coefficient (Wildman–Crippen LogP) is 3.59. The topological polar surface area (TPSA) is 113 Å². The van der Waals surface area contributed by atoms with Crippen LogP contribution in [0.25, 0.3) is 33.7 Å². The summed E-state index contributed by atoms with van der Waals surface area (Å²) in [4.78, 5) is 4.31. The zero-order valence-electron chi connectivity index (χ0n) is 16.6. The molecule has 0 aliphatic carbocycles. The van der Waals surface area contributed by atoms with Gasteiger partial charge in [-0.15, -0.1) is 15.3 Å². The van der Waals surface area contributed by atoms with Gasteiger partial charge in [0.25, 0.3) is 11.8 Å². The molecule has 0 aliphatic heterocycles. The molecule has 5 aromatic rings. The van der Waals surface area contributed by atoms with Crippen LogP contribution in [0, 0.1) is 5.82 Å². The molecule has 9 nitrogen and oxygen atoms in total. The molecule has 0 unspecified atom stereocenters. The Bertz CT molecular complexity index is 1440. The Morgan fingerprint density at radius 2 is 1.94 bits per heavy atom. The summed E-state index contributed by atoms with van der Waals surface area (Å²) in [6.45, 7) is 0.245. The van der Waals surface area contributed by atoms with Crippen LogP contribution in [0.2, 0.25) is 0 Å². The van der Waals surface area contributed by atoms with Crippen LogP contribution in [0.3, 0.4) is 0 Å². The monoisotopic (exact) mass is 440 g/mol. The first kappa shape index (κ1) is 19.7. The Hall–Kier alpha value is -4.22. The number of hydrogen-bond donors (Lipinski definition) is 1. The zero-order chi connectivity index (χ0) is 22.4. The van der Waals surface area contributed by atoms with Gasteiger partial charge in [-0.05, 0) is 29.8 Å². The third-order valence-corrected chi connectivity index (χ3v) is 4.99. The van der Waals surface area contributed by atoms with Crippen molar-refractivity contribution in [1.29, 1.82) is 0 Å². The van der Waals surface area contributed by atoms with E-state index in [9.17, 15) is 13.2 Å². The Morgan fingerprint density at radius 1 is 1.09 bits per heavy atom. The fourth-order valence-corrected chi connectivity index (χ4v) is 3.33. The van der Waals surface area contributed by atoms with Crippen molar-refractivity contribution in [3.05, 3.63) is 59.9 Å². The smallest absolute Gasteiger partial charge is 0.314 e. The maximum absolute atomic E-state index is 14.5. The Balaban J connectivity index is 1.36. The minimum Gasteiger partial charge on any atom is -0.415 e. The highest BCUT2D eigenvalue weighted by Crippen LogP contribution is 2.27. The highest BCUT2D eigenvalue weighted by atomic mass is 19.3. The zero-order valence-corrected chi connectivity index (χ0v) is 16.6. The SMILES string of the molecule is Cn1c(N)nc2cc(-c3cn(Cc4ccc(-c5nnc(C(F)F)o5)c(F)c4)nn3)ccc21. The molecule has 3 heterocycles. The van der Waals surface area contributed by atoms with Gasteiger partial charge in [-0.1, -0.05) is 17.3 Å². The van der Waals surface area contributed by atoms with Crippen LogP contribution >= 0.6 is 0 Å². The van der Waals surface area contributed by atoms with Crippen molar-refractivity contribution in [3.8, 4) is 22.7 Å². The predicted molar refractivity (Wildman–Crippen MR) is 108 cm³/mol. The molecule has 2 N–H and O–H groups in total. The Morgan fingerprint density at radius 3 is 2.69 bits per heavy atom. The molecule has 162 valence electrons. The van der Waals surface area contributed by atoms with Crippen molar-refractivity contribution in [2.24, 2.45) is 7.05 Å². The van der Waals surface area contributed by atoms with E-state index in [4.69, 9.17) is 10.2 Å². The van der Waals surface area contributed by atoms with Crippen molar-refractivity contribution < 1.29 is 17.6 Å². The van der Waals surface area contributed by atoms with Gasteiger partial charge in [-0.25, -0.2) is 14.1 Å². The second-order valence-electron chi connectivity index (χ2n) is 7.09. The van der Waals surface area contributed by atoms with Gasteiger partial charge in [0.2, 0.25) is 5.95 Å². The lowest BCUT2D eigenvalue weighted by atomic mass is 10.1. The first-order chi connectivity index (χ1) is 15.4. The van der Waals surface area contributed by atoms with Crippen LogP contribution in [0.5, 0.6) is 0 Å². The van der Waals surface area contributed by atoms with Crippen molar-refractivity contribution in [2.75, 3.05) is 5.73 Å². The molecule has 0 radical (unpaired) electrons. The van der Waals surface area contributed by atoms with E-state index in [0.29, 0.717) is 17.2 Å². The summed E-state index contributed by atoms with van der Waals surface area (Å²) in [5.41, 5.74) is 9.45. The molecule has 0 aliphatic rings. The summed E-state index contributed by atoms with van der Waals surface area (Å²) in [6, 6.07) is 9.93. The third kappa shape index (κ3) is 3.45. The fourth-order valence-electron chi connectivity index (χ4n) is 3.33. The van der Waals surface area contributed by atoms with Crippen LogP contribution in [-0.2, 0) is 13.6 Å². The number of rotatable bonds is 5. The van der Waals surface area contributed by atoms with Gasteiger partial charge in [0, 0.05) is 12.6 Å². The summed E-state index contributed by atoms with van der Waals surface area (Å²) in [6.07, 6.45) is -1.19. The number of hydrogen-bond acceptors (Lipinski definition) is 7. The molecule has 0 spiro atoms. The minimum atomic E-state index is -2.92. The lowest BCUT2D eigenvalue weighted by Gasteiger charge is -2.04. The molecule has 0 saturated heterocycles. The van der Waals surface area contributed by atoms with E-state index in [1.54, 1.807) is 21.5 Å². The quantitative estimate of drug-likeness (QED) is 0.444. The molecule has 0 fully saturated rings. The summed E-state index contributed by atoms with van der Waals surface area (Å²) in [5.74, 6) is -1.43. The van der Waals surface area contributed by atoms with Crippen molar-refractivity contribution in [1.82, 2.24) is 34.7 Å². The number of aromatic nitrogens is 7. The summed E-state index contributed by atoms with van der Waals surface area (Å²) in [7, 11) is 1.83. The van der Waals surface area contributed by atoms with Gasteiger partial charge < -0.3 is 14.7 Å². The first-order valence-electron chi connectivity index (χ1n) is 9.42. The van der Waals surface area contributed by atoms with Crippen molar-refractivity contribution in [2.45, 2.75) is 13.0 Å². The number of imidazole rings is 1. The fraction of sp³-hybridized carbons (Fsp3) is 0.150. The van der Waals surface area contributed by atoms with Crippen LogP contribution in [-0.4, -0.2) is 34.7 Å². The third-order valence-electron chi connectivity index (χ3n) is 4.99. The molecule has 32 heavy (non-hydrogen) atoms. The van der Waals surface area contributed by atoms with Crippen LogP contribution in [0.15, 0.2) is 47.0 Å². The number of nitrogens with two attached hydrogens (primary N) is 1. The van der Waals surface area contributed by atoms with E-state index >= 15 is 0 Å². The molecular weight excluding hydrogens is 425 g/mol. The molecule has 2 aromatic carbocycles. The molecular formula is C20H15F3N8O. The molecule has 0 saturated carbocycles. The summed E-state index contributed by atoms with van der Waals surface area (Å²) < 4.78 is 47.9. The van der Waals surface area contributed by atoms with Gasteiger partial charge in [-0.2, -0.15) is 8.78 Å². The maximum atomic E-state index is 14.5. The van der Waals surface area contributed by atoms with Crippen molar-refractivity contribution in [3.63, 3.8) is 0 Å². The Labute approximate surface area is 178 Å². The number of benzene rings is 2. The standard InChI is InChI=1S/C20H15F3N8O/c1-30-16-5-3-11(7-14(16)25-20(30)24)15-9-31(29-26-15)8-10-2-4-12(13(21)6-10)18-27-28-19(32-18)17(22)23/h2-7,9,17H,8H2,1H3,(H2,24,25). The maximum Gasteiger partial charge on any atom is 0.314 e. The number of nitrogens with zero attached hydrogens (tertiary/aromatic N) is 7. The highest BCUT2D eigenvalue weighted by Gasteiger charge is 2.19. The van der Waals surface area contributed by atoms with Gasteiger partial charge in [-0.3, -0.25) is 0 Å². The van der Waals surface area contributed by atoms with Gasteiger partial charge >= 0.3 is 6.43 Å². The average molecular weight is 440 g/mol. The first-order valence-corrected chi connectivity index (χ1v) is 9.42. The summed E-state index contributed by atoms with van der Waals surface area (Å²) >= 11 is 0. The summed E-state index contributed by atoms with van der Waals surface area (Å²) in [5, 5.41) is 14.9. The number of anilines is 1. The van der Waals surface area contributed by atoms with Crippen LogP contribution in [0.4, 0.5) is 19.1 Å². The van der Waals surface area contributed by atoms with E-state index in [1.807, 2.05) is 25.2 Å². The average Bonchev–Trinajstić information content (AvgIpc) is 3.48. The number of fused-ring (bicyclic) bond motifs is 1. The lowest BCUT2D eigenvalue weighted by molar-refractivity contribution is 0.116. The number of aryl methyl sites for hydroxylation is 1. The molecule has 12 heteroatoms. The molecule has 0 amide bonds. The van der Waals surface area contributed by atoms with Gasteiger partial charge in [0.15, 0.2) is 0 Å². The second-order valence-corrected chi connectivity index (χ2v) is 7.09. The number of nitrogen functional groups attached to an aromatic ring is 1. The van der Waals surface area contributed by atoms with Crippen LogP contribution in [0.1, 0.15) is 17.9 Å². The molecule has 0 atom stereocenters. The molecule has 5 rings (SSSR count). The largest absolute Gasteiger partial charge is 0.415 e. The number of halogens is 3. The second kappa shape index (κ2) is 7.48. The van der Waals surface area contributed by atoms with E-state index in [0.717, 1.165) is 16.6 Å². The number of alkyl halides is 2. The minimum absolute atomic E-state index is 0.0598. The van der Waals surface area contributed by atoms with E-state index in [1.165, 1.54) is 12.1 Å². The van der Waals surface area contributed by atoms with E-state index < -0.39 is 18.1 Å². The van der Waals surface area contributed by atoms with Crippen LogP contribution < -0.4 is 5.73 Å². The highest BCUT2D eigenvalue weighted by molar-refractivity contribution is 5.83. The van der Waals surface area contributed by atoms with E-state index in [2.05, 4.69) is 25.5 Å². The van der Waals surface area contributed by atoms with Gasteiger partial charge in [0.1, 0.15) is 11.5 Å². The Kier molecular flexibility index (Phi) is 4.61. The van der Waals surface area contributed by atoms with Crippen molar-refractivity contribution >= 4 is 17.0 Å². The molecule has 0 bridgehead atoms.